The summed E-state index contributed by atoms with van der Waals surface area (Å²) in [7, 11) is -2.20. The third-order valence-electron chi connectivity index (χ3n) is 5.69. The minimum absolute atomic E-state index is 0.268. The molecule has 3 rings (SSSR count). The van der Waals surface area contributed by atoms with Crippen LogP contribution >= 0.6 is 0 Å². The van der Waals surface area contributed by atoms with Crippen molar-refractivity contribution in [2.24, 2.45) is 0 Å². The van der Waals surface area contributed by atoms with Crippen molar-refractivity contribution in [3.63, 3.8) is 0 Å². The molecule has 0 saturated carbocycles. The molecule has 0 unspecified atom stereocenters. The standard InChI is InChI=1S/C23H30N2O5S/c1-17-14-20(15-18(2)23(17)27)16-24-10-12-25(13-11-24)31(28,29)21-7-4-19(5-8-21)6-9-22(26)30-3/h4-5,7-8,14-15,27H,6,9-13,16H2,1-3H3. The van der Waals surface area contributed by atoms with E-state index in [1.54, 1.807) is 24.3 Å². The number of esters is 1. The lowest BCUT2D eigenvalue weighted by Crippen LogP contribution is -2.48. The molecule has 1 N–H and O–H groups in total. The van der Waals surface area contributed by atoms with Gasteiger partial charge in [-0.15, -0.1) is 0 Å². The van der Waals surface area contributed by atoms with E-state index in [1.165, 1.54) is 11.4 Å². The van der Waals surface area contributed by atoms with Crippen molar-refractivity contribution in [3.8, 4) is 5.75 Å². The number of rotatable bonds is 7. The van der Waals surface area contributed by atoms with Crippen molar-refractivity contribution in [2.75, 3.05) is 33.3 Å². The van der Waals surface area contributed by atoms with Gasteiger partial charge in [-0.05, 0) is 54.7 Å². The van der Waals surface area contributed by atoms with Gasteiger partial charge in [0.2, 0.25) is 10.0 Å². The number of sulfonamides is 1. The molecule has 1 fully saturated rings. The number of carbonyl (C=O) groups excluding carboxylic acids is 1. The molecule has 168 valence electrons. The van der Waals surface area contributed by atoms with E-state index >= 15 is 0 Å². The first-order valence-corrected chi connectivity index (χ1v) is 11.8. The minimum Gasteiger partial charge on any atom is -0.507 e. The van der Waals surface area contributed by atoms with Crippen molar-refractivity contribution in [3.05, 3.63) is 58.7 Å². The average Bonchev–Trinajstić information content (AvgIpc) is 2.76. The van der Waals surface area contributed by atoms with E-state index in [-0.39, 0.29) is 17.3 Å². The van der Waals surface area contributed by atoms with Crippen molar-refractivity contribution < 1.29 is 23.1 Å². The normalized spacial score (nSPS) is 15.7. The Morgan fingerprint density at radius 2 is 1.58 bits per heavy atom. The predicted molar refractivity (Wildman–Crippen MR) is 118 cm³/mol. The number of aryl methyl sites for hydroxylation is 3. The topological polar surface area (TPSA) is 87.2 Å². The molecule has 0 amide bonds. The molecular weight excluding hydrogens is 416 g/mol. The summed E-state index contributed by atoms with van der Waals surface area (Å²) in [5.74, 6) is 0.0446. The Balaban J connectivity index is 1.58. The summed E-state index contributed by atoms with van der Waals surface area (Å²) in [6.07, 6.45) is 0.784. The van der Waals surface area contributed by atoms with Crippen LogP contribution in [0.1, 0.15) is 28.7 Å². The molecule has 0 atom stereocenters. The zero-order chi connectivity index (χ0) is 22.6. The first-order valence-electron chi connectivity index (χ1n) is 10.4. The molecule has 2 aromatic rings. The highest BCUT2D eigenvalue weighted by atomic mass is 32.2. The molecule has 0 aromatic heterocycles. The van der Waals surface area contributed by atoms with Crippen LogP contribution in [0.4, 0.5) is 0 Å². The molecular formula is C23H30N2O5S. The fourth-order valence-electron chi connectivity index (χ4n) is 3.85. The van der Waals surface area contributed by atoms with Crippen molar-refractivity contribution >= 4 is 16.0 Å². The maximum Gasteiger partial charge on any atom is 0.305 e. The summed E-state index contributed by atoms with van der Waals surface area (Å²) < 4.78 is 32.2. The number of benzene rings is 2. The molecule has 7 nitrogen and oxygen atoms in total. The monoisotopic (exact) mass is 446 g/mol. The quantitative estimate of drug-likeness (QED) is 0.658. The van der Waals surface area contributed by atoms with E-state index in [2.05, 4.69) is 9.64 Å². The highest BCUT2D eigenvalue weighted by Crippen LogP contribution is 2.24. The molecule has 0 radical (unpaired) electrons. The Morgan fingerprint density at radius 3 is 2.13 bits per heavy atom. The Morgan fingerprint density at radius 1 is 1.00 bits per heavy atom. The third kappa shape index (κ3) is 5.64. The fraction of sp³-hybridized carbons (Fsp3) is 0.435. The second-order valence-corrected chi connectivity index (χ2v) is 9.92. The summed E-state index contributed by atoms with van der Waals surface area (Å²) in [6.45, 7) is 6.66. The number of aromatic hydroxyl groups is 1. The fourth-order valence-corrected chi connectivity index (χ4v) is 5.27. The van der Waals surface area contributed by atoms with Gasteiger partial charge < -0.3 is 9.84 Å². The third-order valence-corrected chi connectivity index (χ3v) is 7.61. The number of phenolic OH excluding ortho intramolecular Hbond substituents is 1. The second-order valence-electron chi connectivity index (χ2n) is 7.98. The van der Waals surface area contributed by atoms with E-state index in [1.807, 2.05) is 26.0 Å². The van der Waals surface area contributed by atoms with Gasteiger partial charge in [-0.1, -0.05) is 24.3 Å². The summed E-state index contributed by atoms with van der Waals surface area (Å²) in [5, 5.41) is 9.94. The van der Waals surface area contributed by atoms with Gasteiger partial charge in [-0.25, -0.2) is 8.42 Å². The molecule has 1 aliphatic heterocycles. The average molecular weight is 447 g/mol. The highest BCUT2D eigenvalue weighted by Gasteiger charge is 2.28. The lowest BCUT2D eigenvalue weighted by atomic mass is 10.1. The molecule has 2 aromatic carbocycles. The van der Waals surface area contributed by atoms with Crippen molar-refractivity contribution in [1.82, 2.24) is 9.21 Å². The van der Waals surface area contributed by atoms with Crippen LogP contribution in [0.3, 0.4) is 0 Å². The van der Waals surface area contributed by atoms with E-state index in [0.717, 1.165) is 28.8 Å². The van der Waals surface area contributed by atoms with Crippen molar-refractivity contribution in [1.29, 1.82) is 0 Å². The summed E-state index contributed by atoms with van der Waals surface area (Å²) in [5.41, 5.74) is 3.72. The van der Waals surface area contributed by atoms with Gasteiger partial charge >= 0.3 is 5.97 Å². The number of carbonyl (C=O) groups is 1. The lowest BCUT2D eigenvalue weighted by Gasteiger charge is -2.34. The van der Waals surface area contributed by atoms with E-state index < -0.39 is 10.0 Å². The van der Waals surface area contributed by atoms with E-state index in [0.29, 0.717) is 38.3 Å². The zero-order valence-corrected chi connectivity index (χ0v) is 19.1. The van der Waals surface area contributed by atoms with Crippen LogP contribution in [0, 0.1) is 13.8 Å². The summed E-state index contributed by atoms with van der Waals surface area (Å²) in [4.78, 5) is 13.8. The molecule has 8 heteroatoms. The van der Waals surface area contributed by atoms with Gasteiger partial charge in [-0.2, -0.15) is 4.31 Å². The van der Waals surface area contributed by atoms with Gasteiger partial charge in [0.25, 0.3) is 0 Å². The highest BCUT2D eigenvalue weighted by molar-refractivity contribution is 7.89. The number of nitrogens with zero attached hydrogens (tertiary/aromatic N) is 2. The molecule has 0 aliphatic carbocycles. The van der Waals surface area contributed by atoms with E-state index in [9.17, 15) is 18.3 Å². The van der Waals surface area contributed by atoms with Crippen LogP contribution in [0.2, 0.25) is 0 Å². The Kier molecular flexibility index (Phi) is 7.35. The smallest absolute Gasteiger partial charge is 0.305 e. The number of ether oxygens (including phenoxy) is 1. The zero-order valence-electron chi connectivity index (χ0n) is 18.3. The minimum atomic E-state index is -3.55. The second kappa shape index (κ2) is 9.80. The van der Waals surface area contributed by atoms with Gasteiger partial charge in [0.15, 0.2) is 0 Å². The van der Waals surface area contributed by atoms with Gasteiger partial charge in [0, 0.05) is 39.1 Å². The maximum atomic E-state index is 13.0. The predicted octanol–water partition coefficient (Wildman–Crippen LogP) is 2.62. The largest absolute Gasteiger partial charge is 0.507 e. The molecule has 1 heterocycles. The molecule has 0 spiro atoms. The van der Waals surface area contributed by atoms with Gasteiger partial charge in [-0.3, -0.25) is 9.69 Å². The Labute approximate surface area is 184 Å². The van der Waals surface area contributed by atoms with Crippen LogP contribution in [-0.4, -0.2) is 62.0 Å². The van der Waals surface area contributed by atoms with Crippen molar-refractivity contribution in [2.45, 2.75) is 38.1 Å². The van der Waals surface area contributed by atoms with Crippen LogP contribution in [0.15, 0.2) is 41.3 Å². The first kappa shape index (κ1) is 23.2. The molecule has 0 bridgehead atoms. The number of hydrogen-bond donors (Lipinski definition) is 1. The molecule has 1 saturated heterocycles. The van der Waals surface area contributed by atoms with Gasteiger partial charge in [0.1, 0.15) is 5.75 Å². The number of piperazine rings is 1. The molecule has 31 heavy (non-hydrogen) atoms. The molecule has 1 aliphatic rings. The van der Waals surface area contributed by atoms with E-state index in [4.69, 9.17) is 0 Å². The SMILES string of the molecule is COC(=O)CCc1ccc(S(=O)(=O)N2CCN(Cc3cc(C)c(O)c(C)c3)CC2)cc1. The number of phenols is 1. The summed E-state index contributed by atoms with van der Waals surface area (Å²) in [6, 6.07) is 10.7. The Bertz CT molecular complexity index is 1000. The first-order chi connectivity index (χ1) is 14.7. The van der Waals surface area contributed by atoms with Crippen LogP contribution in [0.25, 0.3) is 0 Å². The number of methoxy groups -OCH3 is 1. The van der Waals surface area contributed by atoms with Crippen LogP contribution in [-0.2, 0) is 32.5 Å². The number of hydrogen-bond acceptors (Lipinski definition) is 6. The Hall–Kier alpha value is -2.42. The summed E-state index contributed by atoms with van der Waals surface area (Å²) >= 11 is 0. The maximum absolute atomic E-state index is 13.0. The lowest BCUT2D eigenvalue weighted by molar-refractivity contribution is -0.140. The van der Waals surface area contributed by atoms with Crippen LogP contribution < -0.4 is 0 Å². The van der Waals surface area contributed by atoms with Gasteiger partial charge in [0.05, 0.1) is 12.0 Å². The van der Waals surface area contributed by atoms with Crippen LogP contribution in [0.5, 0.6) is 5.75 Å².